The standard InChI is InChI=1S/C22H28F2N4O2/c1-16-4-7-18(14-20(16)24)21(29)25-10-11-26-22(30)28(13-12-27(2)3)15-17-5-8-19(23)9-6-17/h4-9,14H,10-13,15H2,1-3H3,(H,25,29)(H,26,30). The number of rotatable bonds is 9. The van der Waals surface area contributed by atoms with Gasteiger partial charge < -0.3 is 20.4 Å². The second-order valence-electron chi connectivity index (χ2n) is 7.30. The zero-order chi connectivity index (χ0) is 22.1. The molecular weight excluding hydrogens is 390 g/mol. The molecule has 0 atom stereocenters. The molecule has 0 spiro atoms. The minimum atomic E-state index is -0.437. The van der Waals surface area contributed by atoms with Crippen molar-refractivity contribution in [1.29, 1.82) is 0 Å². The normalized spacial score (nSPS) is 10.7. The van der Waals surface area contributed by atoms with Gasteiger partial charge in [0.25, 0.3) is 5.91 Å². The van der Waals surface area contributed by atoms with Crippen LogP contribution in [-0.4, -0.2) is 62.0 Å². The molecule has 0 aromatic heterocycles. The lowest BCUT2D eigenvalue weighted by Crippen LogP contribution is -2.44. The van der Waals surface area contributed by atoms with Crippen LogP contribution in [-0.2, 0) is 6.54 Å². The Bertz CT molecular complexity index is 857. The number of halogens is 2. The fourth-order valence-corrected chi connectivity index (χ4v) is 2.68. The number of carbonyl (C=O) groups excluding carboxylic acids is 2. The highest BCUT2D eigenvalue weighted by atomic mass is 19.1. The van der Waals surface area contributed by atoms with Gasteiger partial charge in [-0.15, -0.1) is 0 Å². The molecule has 8 heteroatoms. The largest absolute Gasteiger partial charge is 0.350 e. The number of nitrogens with one attached hydrogen (secondary N) is 2. The molecule has 2 aromatic carbocycles. The number of hydrogen-bond donors (Lipinski definition) is 2. The number of carbonyl (C=O) groups is 2. The van der Waals surface area contributed by atoms with Crippen LogP contribution in [0.15, 0.2) is 42.5 Å². The lowest BCUT2D eigenvalue weighted by atomic mass is 10.1. The maximum Gasteiger partial charge on any atom is 0.317 e. The van der Waals surface area contributed by atoms with Crippen LogP contribution in [0.3, 0.4) is 0 Å². The second-order valence-corrected chi connectivity index (χ2v) is 7.30. The Kier molecular flexibility index (Phi) is 8.73. The van der Waals surface area contributed by atoms with E-state index < -0.39 is 11.7 Å². The van der Waals surface area contributed by atoms with E-state index in [1.54, 1.807) is 36.1 Å². The summed E-state index contributed by atoms with van der Waals surface area (Å²) in [7, 11) is 3.83. The Morgan fingerprint density at radius 1 is 0.933 bits per heavy atom. The average molecular weight is 418 g/mol. The summed E-state index contributed by atoms with van der Waals surface area (Å²) >= 11 is 0. The lowest BCUT2D eigenvalue weighted by molar-refractivity contribution is 0.0953. The number of nitrogens with zero attached hydrogens (tertiary/aromatic N) is 2. The molecule has 0 radical (unpaired) electrons. The molecule has 2 N–H and O–H groups in total. The summed E-state index contributed by atoms with van der Waals surface area (Å²) in [5.41, 5.74) is 1.52. The molecule has 30 heavy (non-hydrogen) atoms. The monoisotopic (exact) mass is 418 g/mol. The number of benzene rings is 2. The van der Waals surface area contributed by atoms with Crippen molar-refractivity contribution in [1.82, 2.24) is 20.4 Å². The third kappa shape index (κ3) is 7.44. The zero-order valence-corrected chi connectivity index (χ0v) is 17.5. The van der Waals surface area contributed by atoms with E-state index in [-0.39, 0.29) is 30.5 Å². The molecule has 0 saturated carbocycles. The number of hydrogen-bond acceptors (Lipinski definition) is 3. The minimum absolute atomic E-state index is 0.206. The van der Waals surface area contributed by atoms with Gasteiger partial charge in [-0.25, -0.2) is 13.6 Å². The first kappa shape index (κ1) is 23.3. The molecule has 0 aliphatic carbocycles. The molecule has 6 nitrogen and oxygen atoms in total. The Morgan fingerprint density at radius 2 is 1.60 bits per heavy atom. The van der Waals surface area contributed by atoms with Crippen LogP contribution >= 0.6 is 0 Å². The predicted octanol–water partition coefficient (Wildman–Crippen LogP) is 2.78. The number of amides is 3. The molecule has 3 amide bonds. The van der Waals surface area contributed by atoms with Crippen LogP contribution < -0.4 is 10.6 Å². The summed E-state index contributed by atoms with van der Waals surface area (Å²) in [6.07, 6.45) is 0. The van der Waals surface area contributed by atoms with Gasteiger partial charge in [0.1, 0.15) is 11.6 Å². The molecular formula is C22H28F2N4O2. The van der Waals surface area contributed by atoms with Gasteiger partial charge in [0, 0.05) is 38.3 Å². The Labute approximate surface area is 175 Å². The molecule has 0 bridgehead atoms. The zero-order valence-electron chi connectivity index (χ0n) is 17.5. The molecule has 0 aliphatic rings. The van der Waals surface area contributed by atoms with Gasteiger partial charge in [-0.3, -0.25) is 4.79 Å². The Hall–Kier alpha value is -3.00. The number of aryl methyl sites for hydroxylation is 1. The van der Waals surface area contributed by atoms with Crippen LogP contribution in [0.5, 0.6) is 0 Å². The molecule has 0 heterocycles. The van der Waals surface area contributed by atoms with Gasteiger partial charge in [-0.05, 0) is 56.4 Å². The molecule has 2 aromatic rings. The van der Waals surface area contributed by atoms with Gasteiger partial charge in [-0.1, -0.05) is 18.2 Å². The van der Waals surface area contributed by atoms with Crippen molar-refractivity contribution in [2.45, 2.75) is 13.5 Å². The number of likely N-dealkylation sites (N-methyl/N-ethyl adjacent to an activating group) is 1. The highest BCUT2D eigenvalue weighted by Crippen LogP contribution is 2.09. The Balaban J connectivity index is 1.85. The van der Waals surface area contributed by atoms with Gasteiger partial charge >= 0.3 is 6.03 Å². The van der Waals surface area contributed by atoms with Crippen LogP contribution in [0.4, 0.5) is 13.6 Å². The third-order valence-corrected chi connectivity index (χ3v) is 4.51. The van der Waals surface area contributed by atoms with Crippen molar-refractivity contribution in [3.05, 3.63) is 70.8 Å². The summed E-state index contributed by atoms with van der Waals surface area (Å²) in [5, 5.41) is 5.43. The molecule has 162 valence electrons. The van der Waals surface area contributed by atoms with Gasteiger partial charge in [-0.2, -0.15) is 0 Å². The fourth-order valence-electron chi connectivity index (χ4n) is 2.68. The second kappa shape index (κ2) is 11.3. The smallest absolute Gasteiger partial charge is 0.317 e. The SMILES string of the molecule is Cc1ccc(C(=O)NCCNC(=O)N(CCN(C)C)Cc2ccc(F)cc2)cc1F. The van der Waals surface area contributed by atoms with E-state index >= 15 is 0 Å². The van der Waals surface area contributed by atoms with Gasteiger partial charge in [0.15, 0.2) is 0 Å². The first-order valence-electron chi connectivity index (χ1n) is 9.72. The van der Waals surface area contributed by atoms with E-state index in [9.17, 15) is 18.4 Å². The van der Waals surface area contributed by atoms with E-state index in [1.807, 2.05) is 19.0 Å². The first-order chi connectivity index (χ1) is 14.3. The summed E-state index contributed by atoms with van der Waals surface area (Å²) in [6.45, 7) is 3.56. The van der Waals surface area contributed by atoms with Crippen LogP contribution in [0.1, 0.15) is 21.5 Å². The molecule has 0 unspecified atom stereocenters. The van der Waals surface area contributed by atoms with E-state index in [1.165, 1.54) is 18.2 Å². The summed E-state index contributed by atoms with van der Waals surface area (Å²) in [6, 6.07) is 10.0. The fraction of sp³-hybridized carbons (Fsp3) is 0.364. The average Bonchev–Trinajstić information content (AvgIpc) is 2.71. The highest BCUT2D eigenvalue weighted by Gasteiger charge is 2.14. The highest BCUT2D eigenvalue weighted by molar-refractivity contribution is 5.94. The van der Waals surface area contributed by atoms with Crippen molar-refractivity contribution in [2.75, 3.05) is 40.3 Å². The summed E-state index contributed by atoms with van der Waals surface area (Å²) < 4.78 is 26.7. The molecule has 0 saturated heterocycles. The quantitative estimate of drug-likeness (QED) is 0.616. The van der Waals surface area contributed by atoms with E-state index in [4.69, 9.17) is 0 Å². The van der Waals surface area contributed by atoms with Crippen LogP contribution in [0, 0.1) is 18.6 Å². The van der Waals surface area contributed by atoms with Crippen molar-refractivity contribution >= 4 is 11.9 Å². The first-order valence-corrected chi connectivity index (χ1v) is 9.72. The van der Waals surface area contributed by atoms with E-state index in [0.29, 0.717) is 25.2 Å². The maximum absolute atomic E-state index is 13.6. The molecule has 0 aliphatic heterocycles. The van der Waals surface area contributed by atoms with Crippen molar-refractivity contribution < 1.29 is 18.4 Å². The number of urea groups is 1. The summed E-state index contributed by atoms with van der Waals surface area (Å²) in [5.74, 6) is -1.17. The van der Waals surface area contributed by atoms with Crippen molar-refractivity contribution in [2.24, 2.45) is 0 Å². The van der Waals surface area contributed by atoms with E-state index in [0.717, 1.165) is 5.56 Å². The van der Waals surface area contributed by atoms with E-state index in [2.05, 4.69) is 10.6 Å². The van der Waals surface area contributed by atoms with Crippen LogP contribution in [0.25, 0.3) is 0 Å². The minimum Gasteiger partial charge on any atom is -0.350 e. The lowest BCUT2D eigenvalue weighted by Gasteiger charge is -2.25. The topological polar surface area (TPSA) is 64.7 Å². The van der Waals surface area contributed by atoms with Crippen LogP contribution in [0.2, 0.25) is 0 Å². The predicted molar refractivity (Wildman–Crippen MR) is 112 cm³/mol. The maximum atomic E-state index is 13.6. The van der Waals surface area contributed by atoms with Crippen molar-refractivity contribution in [3.63, 3.8) is 0 Å². The molecule has 2 rings (SSSR count). The van der Waals surface area contributed by atoms with Gasteiger partial charge in [0.05, 0.1) is 0 Å². The van der Waals surface area contributed by atoms with Gasteiger partial charge in [0.2, 0.25) is 0 Å². The van der Waals surface area contributed by atoms with Crippen molar-refractivity contribution in [3.8, 4) is 0 Å². The third-order valence-electron chi connectivity index (χ3n) is 4.51. The molecule has 0 fully saturated rings. The summed E-state index contributed by atoms with van der Waals surface area (Å²) in [4.78, 5) is 28.3. The Morgan fingerprint density at radius 3 is 2.23 bits per heavy atom.